The summed E-state index contributed by atoms with van der Waals surface area (Å²) in [5.74, 6) is 1.93. The molecular formula is C14H18N2O2. The van der Waals surface area contributed by atoms with Gasteiger partial charge in [0, 0.05) is 17.2 Å². The van der Waals surface area contributed by atoms with Gasteiger partial charge in [-0.25, -0.2) is 0 Å². The zero-order valence-corrected chi connectivity index (χ0v) is 11.2. The first kappa shape index (κ1) is 12.5. The fourth-order valence-corrected chi connectivity index (χ4v) is 1.87. The van der Waals surface area contributed by atoms with Gasteiger partial charge in [-0.3, -0.25) is 0 Å². The van der Waals surface area contributed by atoms with Crippen LogP contribution < -0.4 is 10.5 Å². The standard InChI is InChI=1S/C14H18N2O2/c1-14(2,3)10-7-9(5-6-11(10)17-4)12-8-13(15)16-18-12/h5-8H,1-4H3,(H2,15,16). The molecule has 4 heteroatoms. The van der Waals surface area contributed by atoms with Crippen molar-refractivity contribution in [3.05, 3.63) is 29.8 Å². The van der Waals surface area contributed by atoms with Gasteiger partial charge in [0.25, 0.3) is 0 Å². The predicted molar refractivity (Wildman–Crippen MR) is 71.6 cm³/mol. The molecule has 0 aliphatic carbocycles. The highest BCUT2D eigenvalue weighted by molar-refractivity contribution is 5.63. The fraction of sp³-hybridized carbons (Fsp3) is 0.357. The molecule has 96 valence electrons. The lowest BCUT2D eigenvalue weighted by Crippen LogP contribution is -2.12. The van der Waals surface area contributed by atoms with E-state index in [0.29, 0.717) is 11.6 Å². The summed E-state index contributed by atoms with van der Waals surface area (Å²) in [7, 11) is 1.68. The topological polar surface area (TPSA) is 61.3 Å². The molecule has 0 fully saturated rings. The van der Waals surface area contributed by atoms with E-state index in [1.54, 1.807) is 13.2 Å². The number of ether oxygens (including phenoxy) is 1. The van der Waals surface area contributed by atoms with Gasteiger partial charge in [-0.1, -0.05) is 25.9 Å². The Balaban J connectivity index is 2.52. The SMILES string of the molecule is COc1ccc(-c2cc(N)no2)cc1C(C)(C)C. The van der Waals surface area contributed by atoms with E-state index in [4.69, 9.17) is 15.0 Å². The van der Waals surface area contributed by atoms with Crippen LogP contribution in [-0.4, -0.2) is 12.3 Å². The first-order chi connectivity index (χ1) is 8.41. The lowest BCUT2D eigenvalue weighted by Gasteiger charge is -2.22. The number of nitrogen functional groups attached to an aromatic ring is 1. The lowest BCUT2D eigenvalue weighted by molar-refractivity contribution is 0.397. The molecule has 2 aromatic rings. The third-order valence-corrected chi connectivity index (χ3v) is 2.82. The van der Waals surface area contributed by atoms with Crippen LogP contribution in [0.2, 0.25) is 0 Å². The van der Waals surface area contributed by atoms with E-state index in [2.05, 4.69) is 32.0 Å². The van der Waals surface area contributed by atoms with Gasteiger partial charge in [-0.15, -0.1) is 0 Å². The number of hydrogen-bond acceptors (Lipinski definition) is 4. The fourth-order valence-electron chi connectivity index (χ4n) is 1.87. The molecule has 1 heterocycles. The maximum atomic E-state index is 5.57. The summed E-state index contributed by atoms with van der Waals surface area (Å²) in [5, 5.41) is 3.70. The minimum absolute atomic E-state index is 0.00702. The average molecular weight is 246 g/mol. The summed E-state index contributed by atoms with van der Waals surface area (Å²) in [6, 6.07) is 7.65. The third kappa shape index (κ3) is 2.32. The van der Waals surface area contributed by atoms with Crippen LogP contribution in [0.3, 0.4) is 0 Å². The molecule has 18 heavy (non-hydrogen) atoms. The minimum Gasteiger partial charge on any atom is -0.496 e. The molecule has 0 aliphatic heterocycles. The van der Waals surface area contributed by atoms with E-state index in [1.807, 2.05) is 12.1 Å². The Bertz CT molecular complexity index is 553. The molecule has 0 aliphatic rings. The minimum atomic E-state index is -0.00702. The molecule has 4 nitrogen and oxygen atoms in total. The van der Waals surface area contributed by atoms with Crippen LogP contribution >= 0.6 is 0 Å². The molecule has 2 rings (SSSR count). The van der Waals surface area contributed by atoms with E-state index in [0.717, 1.165) is 16.9 Å². The van der Waals surface area contributed by atoms with E-state index in [1.165, 1.54) is 0 Å². The molecular weight excluding hydrogens is 228 g/mol. The Morgan fingerprint density at radius 2 is 1.94 bits per heavy atom. The van der Waals surface area contributed by atoms with Crippen LogP contribution in [0.5, 0.6) is 5.75 Å². The molecule has 2 N–H and O–H groups in total. The van der Waals surface area contributed by atoms with E-state index in [-0.39, 0.29) is 5.41 Å². The Kier molecular flexibility index (Phi) is 3.03. The second-order valence-electron chi connectivity index (χ2n) is 5.28. The second kappa shape index (κ2) is 4.37. The molecule has 0 spiro atoms. The largest absolute Gasteiger partial charge is 0.496 e. The molecule has 1 aromatic heterocycles. The molecule has 0 unspecified atom stereocenters. The van der Waals surface area contributed by atoms with E-state index < -0.39 is 0 Å². The number of nitrogens with two attached hydrogens (primary N) is 1. The molecule has 0 amide bonds. The summed E-state index contributed by atoms with van der Waals surface area (Å²) in [6.07, 6.45) is 0. The van der Waals surface area contributed by atoms with Crippen LogP contribution in [0.4, 0.5) is 5.82 Å². The predicted octanol–water partition coefficient (Wildman–Crippen LogP) is 3.23. The molecule has 0 saturated heterocycles. The zero-order chi connectivity index (χ0) is 13.3. The summed E-state index contributed by atoms with van der Waals surface area (Å²) in [5.41, 5.74) is 7.63. The normalized spacial score (nSPS) is 11.6. The summed E-state index contributed by atoms with van der Waals surface area (Å²) < 4.78 is 10.6. The Hall–Kier alpha value is -1.97. The number of benzene rings is 1. The van der Waals surface area contributed by atoms with Crippen molar-refractivity contribution in [2.75, 3.05) is 12.8 Å². The first-order valence-electron chi connectivity index (χ1n) is 5.83. The van der Waals surface area contributed by atoms with Crippen molar-refractivity contribution < 1.29 is 9.26 Å². The van der Waals surface area contributed by atoms with Crippen LogP contribution in [-0.2, 0) is 5.41 Å². The molecule has 0 saturated carbocycles. The van der Waals surface area contributed by atoms with Crippen LogP contribution in [0, 0.1) is 0 Å². The number of nitrogens with zero attached hydrogens (tertiary/aromatic N) is 1. The van der Waals surface area contributed by atoms with Gasteiger partial charge in [0.15, 0.2) is 11.6 Å². The molecule has 0 bridgehead atoms. The van der Waals surface area contributed by atoms with Crippen LogP contribution in [0.1, 0.15) is 26.3 Å². The van der Waals surface area contributed by atoms with Gasteiger partial charge in [0.05, 0.1) is 7.11 Å². The number of anilines is 1. The molecule has 0 radical (unpaired) electrons. The summed E-state index contributed by atoms with van der Waals surface area (Å²) >= 11 is 0. The van der Waals surface area contributed by atoms with Crippen LogP contribution in [0.15, 0.2) is 28.8 Å². The van der Waals surface area contributed by atoms with Crippen molar-refractivity contribution >= 4 is 5.82 Å². The second-order valence-corrected chi connectivity index (χ2v) is 5.28. The quantitative estimate of drug-likeness (QED) is 0.883. The maximum absolute atomic E-state index is 5.57. The van der Waals surface area contributed by atoms with Crippen molar-refractivity contribution in [1.29, 1.82) is 0 Å². The van der Waals surface area contributed by atoms with Crippen molar-refractivity contribution in [1.82, 2.24) is 5.16 Å². The van der Waals surface area contributed by atoms with Gasteiger partial charge in [-0.2, -0.15) is 0 Å². The molecule has 0 atom stereocenters. The van der Waals surface area contributed by atoms with Crippen LogP contribution in [0.25, 0.3) is 11.3 Å². The number of aromatic nitrogens is 1. The maximum Gasteiger partial charge on any atom is 0.169 e. The van der Waals surface area contributed by atoms with Crippen molar-refractivity contribution in [2.45, 2.75) is 26.2 Å². The number of methoxy groups -OCH3 is 1. The highest BCUT2D eigenvalue weighted by Gasteiger charge is 2.20. The van der Waals surface area contributed by atoms with E-state index in [9.17, 15) is 0 Å². The van der Waals surface area contributed by atoms with Gasteiger partial charge < -0.3 is 15.0 Å². The number of hydrogen-bond donors (Lipinski definition) is 1. The van der Waals surface area contributed by atoms with Gasteiger partial charge in [0.2, 0.25) is 0 Å². The Labute approximate surface area is 107 Å². The third-order valence-electron chi connectivity index (χ3n) is 2.82. The number of rotatable bonds is 2. The summed E-state index contributed by atoms with van der Waals surface area (Å²) in [4.78, 5) is 0. The van der Waals surface area contributed by atoms with Crippen molar-refractivity contribution in [2.24, 2.45) is 0 Å². The highest BCUT2D eigenvalue weighted by Crippen LogP contribution is 2.35. The Morgan fingerprint density at radius 1 is 1.22 bits per heavy atom. The lowest BCUT2D eigenvalue weighted by atomic mass is 9.85. The van der Waals surface area contributed by atoms with E-state index >= 15 is 0 Å². The summed E-state index contributed by atoms with van der Waals surface area (Å²) in [6.45, 7) is 6.43. The van der Waals surface area contributed by atoms with Gasteiger partial charge in [-0.05, 0) is 23.6 Å². The Morgan fingerprint density at radius 3 is 2.44 bits per heavy atom. The van der Waals surface area contributed by atoms with Gasteiger partial charge in [0.1, 0.15) is 5.75 Å². The molecule has 1 aromatic carbocycles. The zero-order valence-electron chi connectivity index (χ0n) is 11.2. The van der Waals surface area contributed by atoms with Crippen molar-refractivity contribution in [3.63, 3.8) is 0 Å². The first-order valence-corrected chi connectivity index (χ1v) is 5.83. The monoisotopic (exact) mass is 246 g/mol. The van der Waals surface area contributed by atoms with Gasteiger partial charge >= 0.3 is 0 Å². The average Bonchev–Trinajstić information content (AvgIpc) is 2.74. The van der Waals surface area contributed by atoms with Crippen molar-refractivity contribution in [3.8, 4) is 17.1 Å². The smallest absolute Gasteiger partial charge is 0.169 e. The highest BCUT2D eigenvalue weighted by atomic mass is 16.5.